The van der Waals surface area contributed by atoms with Crippen molar-refractivity contribution >= 4 is 11.8 Å². The van der Waals surface area contributed by atoms with Gasteiger partial charge in [0.2, 0.25) is 0 Å². The molecule has 1 heterocycles. The number of nitrogens with one attached hydrogen (secondary N) is 2. The second-order valence-electron chi connectivity index (χ2n) is 4.50. The van der Waals surface area contributed by atoms with Crippen LogP contribution in [0, 0.1) is 0 Å². The molecule has 2 N–H and O–H groups in total. The second-order valence-corrected chi connectivity index (χ2v) is 5.84. The van der Waals surface area contributed by atoms with Gasteiger partial charge in [0.05, 0.1) is 6.61 Å². The monoisotopic (exact) mass is 266 g/mol. The zero-order valence-electron chi connectivity index (χ0n) is 10.9. The first-order chi connectivity index (χ1) is 8.90. The van der Waals surface area contributed by atoms with Crippen molar-refractivity contribution in [1.29, 1.82) is 0 Å². The van der Waals surface area contributed by atoms with E-state index in [-0.39, 0.29) is 0 Å². The number of hydrogen-bond acceptors (Lipinski definition) is 4. The summed E-state index contributed by atoms with van der Waals surface area (Å²) in [5.74, 6) is 0. The number of ether oxygens (including phenoxy) is 1. The predicted molar refractivity (Wildman–Crippen MR) is 77.4 cm³/mol. The van der Waals surface area contributed by atoms with E-state index >= 15 is 0 Å². The highest BCUT2D eigenvalue weighted by Crippen LogP contribution is 2.36. The van der Waals surface area contributed by atoms with Crippen molar-refractivity contribution in [1.82, 2.24) is 10.6 Å². The van der Waals surface area contributed by atoms with Gasteiger partial charge in [-0.1, -0.05) is 18.2 Å². The first-order valence-corrected chi connectivity index (χ1v) is 7.43. The fourth-order valence-corrected chi connectivity index (χ4v) is 3.39. The highest BCUT2D eigenvalue weighted by Gasteiger charge is 2.20. The summed E-state index contributed by atoms with van der Waals surface area (Å²) >= 11 is 2.01. The second kappa shape index (κ2) is 7.79. The molecular weight excluding hydrogens is 244 g/mol. The molecular formula is C14H22N2OS. The minimum Gasteiger partial charge on any atom is -0.383 e. The van der Waals surface area contributed by atoms with Gasteiger partial charge in [-0.2, -0.15) is 0 Å². The van der Waals surface area contributed by atoms with E-state index in [2.05, 4.69) is 34.9 Å². The van der Waals surface area contributed by atoms with Crippen molar-refractivity contribution in [2.75, 3.05) is 39.9 Å². The van der Waals surface area contributed by atoms with Gasteiger partial charge in [0.1, 0.15) is 0 Å². The van der Waals surface area contributed by atoms with E-state index in [0.717, 1.165) is 32.8 Å². The molecule has 2 rings (SSSR count). The van der Waals surface area contributed by atoms with Crippen molar-refractivity contribution in [3.63, 3.8) is 0 Å². The van der Waals surface area contributed by atoms with Crippen LogP contribution in [0.4, 0.5) is 0 Å². The molecule has 4 heteroatoms. The molecule has 3 nitrogen and oxygen atoms in total. The lowest BCUT2D eigenvalue weighted by atomic mass is 10.1. The molecule has 0 spiro atoms. The van der Waals surface area contributed by atoms with E-state index in [1.54, 1.807) is 7.11 Å². The van der Waals surface area contributed by atoms with E-state index < -0.39 is 0 Å². The van der Waals surface area contributed by atoms with Crippen LogP contribution in [0.15, 0.2) is 29.2 Å². The third kappa shape index (κ3) is 4.28. The topological polar surface area (TPSA) is 33.3 Å². The standard InChI is InChI=1S/C14H22N2OS/c1-17-9-8-15-6-7-16-11-13-10-12-4-2-3-5-14(12)18-13/h2-5,13,15-16H,6-11H2,1H3. The van der Waals surface area contributed by atoms with Crippen molar-refractivity contribution in [2.45, 2.75) is 16.6 Å². The van der Waals surface area contributed by atoms with E-state index in [1.807, 2.05) is 11.8 Å². The number of rotatable bonds is 8. The first-order valence-electron chi connectivity index (χ1n) is 6.55. The summed E-state index contributed by atoms with van der Waals surface area (Å²) in [7, 11) is 1.73. The highest BCUT2D eigenvalue weighted by molar-refractivity contribution is 8.00. The maximum Gasteiger partial charge on any atom is 0.0587 e. The molecule has 1 aliphatic heterocycles. The summed E-state index contributed by atoms with van der Waals surface area (Å²) in [6.07, 6.45) is 1.20. The van der Waals surface area contributed by atoms with Crippen molar-refractivity contribution < 1.29 is 4.74 Å². The van der Waals surface area contributed by atoms with E-state index in [0.29, 0.717) is 5.25 Å². The molecule has 0 saturated heterocycles. The maximum atomic E-state index is 4.98. The van der Waals surface area contributed by atoms with E-state index in [4.69, 9.17) is 4.74 Å². The van der Waals surface area contributed by atoms with Gasteiger partial charge in [-0.15, -0.1) is 11.8 Å². The van der Waals surface area contributed by atoms with Crippen LogP contribution in [0.2, 0.25) is 0 Å². The molecule has 100 valence electrons. The molecule has 1 unspecified atom stereocenters. The van der Waals surface area contributed by atoms with E-state index in [1.165, 1.54) is 16.9 Å². The minimum atomic E-state index is 0.696. The zero-order valence-corrected chi connectivity index (χ0v) is 11.8. The summed E-state index contributed by atoms with van der Waals surface area (Å²) in [6, 6.07) is 8.73. The molecule has 1 aromatic carbocycles. The average Bonchev–Trinajstić information content (AvgIpc) is 2.80. The number of fused-ring (bicyclic) bond motifs is 1. The molecule has 0 aromatic heterocycles. The Morgan fingerprint density at radius 3 is 2.89 bits per heavy atom. The fraction of sp³-hybridized carbons (Fsp3) is 0.571. The fourth-order valence-electron chi connectivity index (χ4n) is 2.11. The largest absolute Gasteiger partial charge is 0.383 e. The molecule has 1 atom stereocenters. The Balaban J connectivity index is 1.54. The molecule has 0 radical (unpaired) electrons. The Morgan fingerprint density at radius 1 is 1.22 bits per heavy atom. The molecule has 0 amide bonds. The zero-order chi connectivity index (χ0) is 12.6. The summed E-state index contributed by atoms with van der Waals surface area (Å²) in [5, 5.41) is 7.55. The summed E-state index contributed by atoms with van der Waals surface area (Å²) in [4.78, 5) is 1.46. The van der Waals surface area contributed by atoms with Crippen LogP contribution in [-0.2, 0) is 11.2 Å². The van der Waals surface area contributed by atoms with Crippen molar-refractivity contribution in [3.05, 3.63) is 29.8 Å². The van der Waals surface area contributed by atoms with E-state index in [9.17, 15) is 0 Å². The van der Waals surface area contributed by atoms with Gasteiger partial charge in [-0.3, -0.25) is 0 Å². The van der Waals surface area contributed by atoms with Gasteiger partial charge in [-0.25, -0.2) is 0 Å². The molecule has 0 aliphatic carbocycles. The quantitative estimate of drug-likeness (QED) is 0.699. The Labute approximate surface area is 114 Å². The Morgan fingerprint density at radius 2 is 2.06 bits per heavy atom. The molecule has 18 heavy (non-hydrogen) atoms. The lowest BCUT2D eigenvalue weighted by Crippen LogP contribution is -2.32. The van der Waals surface area contributed by atoms with Crippen LogP contribution in [-0.4, -0.2) is 45.1 Å². The first kappa shape index (κ1) is 13.9. The Bertz CT molecular complexity index is 334. The maximum absolute atomic E-state index is 4.98. The lowest BCUT2D eigenvalue weighted by molar-refractivity contribution is 0.199. The van der Waals surface area contributed by atoms with Crippen molar-refractivity contribution in [3.8, 4) is 0 Å². The van der Waals surface area contributed by atoms with Gasteiger partial charge < -0.3 is 15.4 Å². The van der Waals surface area contributed by atoms with Crippen LogP contribution in [0.5, 0.6) is 0 Å². The SMILES string of the molecule is COCCNCCNCC1Cc2ccccc2S1. The molecule has 0 saturated carbocycles. The van der Waals surface area contributed by atoms with Gasteiger partial charge in [0.25, 0.3) is 0 Å². The summed E-state index contributed by atoms with van der Waals surface area (Å²) in [5.41, 5.74) is 1.51. The Hall–Kier alpha value is -0.550. The Kier molecular flexibility index (Phi) is 6.00. The van der Waals surface area contributed by atoms with Crippen LogP contribution in [0.1, 0.15) is 5.56 Å². The van der Waals surface area contributed by atoms with Gasteiger partial charge in [0, 0.05) is 43.4 Å². The normalized spacial score (nSPS) is 17.9. The summed E-state index contributed by atoms with van der Waals surface area (Å²) < 4.78 is 4.98. The van der Waals surface area contributed by atoms with Crippen LogP contribution >= 0.6 is 11.8 Å². The van der Waals surface area contributed by atoms with Crippen LogP contribution in [0.3, 0.4) is 0 Å². The molecule has 1 aromatic rings. The smallest absolute Gasteiger partial charge is 0.0587 e. The minimum absolute atomic E-state index is 0.696. The van der Waals surface area contributed by atoms with Crippen LogP contribution in [0.25, 0.3) is 0 Å². The number of benzene rings is 1. The summed E-state index contributed by atoms with van der Waals surface area (Å²) in [6.45, 7) is 4.84. The molecule has 1 aliphatic rings. The molecule has 0 bridgehead atoms. The van der Waals surface area contributed by atoms with Crippen molar-refractivity contribution in [2.24, 2.45) is 0 Å². The number of thioether (sulfide) groups is 1. The average molecular weight is 266 g/mol. The number of hydrogen-bond donors (Lipinski definition) is 2. The van der Waals surface area contributed by atoms with Gasteiger partial charge in [0.15, 0.2) is 0 Å². The predicted octanol–water partition coefficient (Wildman–Crippen LogP) is 1.53. The third-order valence-corrected chi connectivity index (χ3v) is 4.37. The lowest BCUT2D eigenvalue weighted by Gasteiger charge is -2.10. The van der Waals surface area contributed by atoms with Crippen LogP contribution < -0.4 is 10.6 Å². The third-order valence-electron chi connectivity index (χ3n) is 3.05. The molecule has 0 fully saturated rings. The highest BCUT2D eigenvalue weighted by atomic mass is 32.2. The van der Waals surface area contributed by atoms with Gasteiger partial charge in [-0.05, 0) is 18.1 Å². The van der Waals surface area contributed by atoms with Gasteiger partial charge >= 0.3 is 0 Å². The number of methoxy groups -OCH3 is 1.